The van der Waals surface area contributed by atoms with Crippen molar-refractivity contribution in [3.63, 3.8) is 0 Å². The van der Waals surface area contributed by atoms with Gasteiger partial charge in [0.1, 0.15) is 16.6 Å². The lowest BCUT2D eigenvalue weighted by molar-refractivity contribution is 0.415. The number of nitrogens with two attached hydrogens (primary N) is 1. The third-order valence-electron chi connectivity index (χ3n) is 2.62. The van der Waals surface area contributed by atoms with Crippen LogP contribution in [0, 0.1) is 5.82 Å². The van der Waals surface area contributed by atoms with Gasteiger partial charge in [0.25, 0.3) is 0 Å². The normalized spacial score (nSPS) is 10.0. The van der Waals surface area contributed by atoms with Gasteiger partial charge in [-0.2, -0.15) is 0 Å². The van der Waals surface area contributed by atoms with E-state index in [-0.39, 0.29) is 10.8 Å². The van der Waals surface area contributed by atoms with Crippen LogP contribution in [-0.2, 0) is 0 Å². The Morgan fingerprint density at radius 1 is 1.21 bits per heavy atom. The smallest absolute Gasteiger partial charge is 0.123 e. The summed E-state index contributed by atoms with van der Waals surface area (Å²) in [6.07, 6.45) is 0. The van der Waals surface area contributed by atoms with Crippen molar-refractivity contribution < 1.29 is 9.13 Å². The van der Waals surface area contributed by atoms with Gasteiger partial charge in [-0.25, -0.2) is 4.39 Å². The third kappa shape index (κ3) is 3.20. The first-order chi connectivity index (χ1) is 9.10. The molecule has 0 bridgehead atoms. The number of halogens is 1. The van der Waals surface area contributed by atoms with Gasteiger partial charge in [-0.3, -0.25) is 0 Å². The molecule has 0 aromatic heterocycles. The highest BCUT2D eigenvalue weighted by Gasteiger charge is 2.07. The Hall–Kier alpha value is -2.14. The molecule has 0 unspecified atom stereocenters. The molecule has 3 N–H and O–H groups in total. The van der Waals surface area contributed by atoms with Crippen LogP contribution in [-0.4, -0.2) is 12.1 Å². The van der Waals surface area contributed by atoms with Crippen LogP contribution in [0.25, 0.3) is 0 Å². The van der Waals surface area contributed by atoms with Gasteiger partial charge in [-0.15, -0.1) is 0 Å². The number of methoxy groups -OCH3 is 1. The van der Waals surface area contributed by atoms with Gasteiger partial charge in [0.05, 0.1) is 12.8 Å². The first-order valence-corrected chi connectivity index (χ1v) is 6.01. The predicted molar refractivity (Wildman–Crippen MR) is 78.6 cm³/mol. The van der Waals surface area contributed by atoms with Gasteiger partial charge >= 0.3 is 0 Å². The molecule has 0 amide bonds. The molecule has 2 aromatic carbocycles. The van der Waals surface area contributed by atoms with E-state index in [1.807, 2.05) is 0 Å². The van der Waals surface area contributed by atoms with Crippen LogP contribution < -0.4 is 15.8 Å². The van der Waals surface area contributed by atoms with Gasteiger partial charge in [0, 0.05) is 17.3 Å². The zero-order chi connectivity index (χ0) is 13.8. The SMILES string of the molecule is COc1ccc(C(N)=S)c(Nc2ccc(F)cc2)c1. The minimum absolute atomic E-state index is 0.285. The summed E-state index contributed by atoms with van der Waals surface area (Å²) in [7, 11) is 1.58. The molecule has 5 heteroatoms. The van der Waals surface area contributed by atoms with E-state index >= 15 is 0 Å². The summed E-state index contributed by atoms with van der Waals surface area (Å²) < 4.78 is 18.0. The second-order valence-corrected chi connectivity index (χ2v) is 4.35. The van der Waals surface area contributed by atoms with Crippen molar-refractivity contribution in [1.82, 2.24) is 0 Å². The molecular weight excluding hydrogens is 263 g/mol. The molecule has 0 saturated carbocycles. The second-order valence-electron chi connectivity index (χ2n) is 3.91. The minimum Gasteiger partial charge on any atom is -0.497 e. The van der Waals surface area contributed by atoms with Gasteiger partial charge in [-0.05, 0) is 36.4 Å². The maximum Gasteiger partial charge on any atom is 0.123 e. The van der Waals surface area contributed by atoms with Gasteiger partial charge < -0.3 is 15.8 Å². The Labute approximate surface area is 116 Å². The third-order valence-corrected chi connectivity index (χ3v) is 2.84. The molecule has 0 fully saturated rings. The summed E-state index contributed by atoms with van der Waals surface area (Å²) in [5.74, 6) is 0.398. The summed E-state index contributed by atoms with van der Waals surface area (Å²) in [5.41, 5.74) is 7.85. The Morgan fingerprint density at radius 3 is 2.47 bits per heavy atom. The number of anilines is 2. The van der Waals surface area contributed by atoms with E-state index in [1.165, 1.54) is 12.1 Å². The molecule has 2 rings (SSSR count). The van der Waals surface area contributed by atoms with E-state index in [9.17, 15) is 4.39 Å². The predicted octanol–water partition coefficient (Wildman–Crippen LogP) is 3.21. The molecule has 0 spiro atoms. The summed E-state index contributed by atoms with van der Waals surface area (Å²) in [4.78, 5) is 0.285. The summed E-state index contributed by atoms with van der Waals surface area (Å²) in [6, 6.07) is 11.4. The average molecular weight is 276 g/mol. The standard InChI is InChI=1S/C14H13FN2OS/c1-18-11-6-7-12(14(16)19)13(8-11)17-10-4-2-9(15)3-5-10/h2-8,17H,1H3,(H2,16,19). The monoisotopic (exact) mass is 276 g/mol. The lowest BCUT2D eigenvalue weighted by Gasteiger charge is -2.12. The Morgan fingerprint density at radius 2 is 1.89 bits per heavy atom. The first-order valence-electron chi connectivity index (χ1n) is 5.60. The lowest BCUT2D eigenvalue weighted by Crippen LogP contribution is -2.12. The quantitative estimate of drug-likeness (QED) is 0.842. The topological polar surface area (TPSA) is 47.3 Å². The van der Waals surface area contributed by atoms with E-state index in [0.29, 0.717) is 11.3 Å². The van der Waals surface area contributed by atoms with Crippen LogP contribution in [0.5, 0.6) is 5.75 Å². The highest BCUT2D eigenvalue weighted by molar-refractivity contribution is 7.80. The van der Waals surface area contributed by atoms with Gasteiger partial charge in [-0.1, -0.05) is 12.2 Å². The van der Waals surface area contributed by atoms with Crippen LogP contribution in [0.1, 0.15) is 5.56 Å². The van der Waals surface area contributed by atoms with Crippen LogP contribution >= 0.6 is 12.2 Å². The van der Waals surface area contributed by atoms with Crippen molar-refractivity contribution in [1.29, 1.82) is 0 Å². The zero-order valence-corrected chi connectivity index (χ0v) is 11.1. The van der Waals surface area contributed by atoms with E-state index in [0.717, 1.165) is 11.4 Å². The second kappa shape index (κ2) is 5.67. The average Bonchev–Trinajstić information content (AvgIpc) is 2.41. The van der Waals surface area contributed by atoms with Crippen molar-refractivity contribution in [2.24, 2.45) is 5.73 Å². The van der Waals surface area contributed by atoms with E-state index in [4.69, 9.17) is 22.7 Å². The van der Waals surface area contributed by atoms with Gasteiger partial charge in [0.2, 0.25) is 0 Å². The Balaban J connectivity index is 2.36. The van der Waals surface area contributed by atoms with Crippen LogP contribution in [0.3, 0.4) is 0 Å². The van der Waals surface area contributed by atoms with Crippen LogP contribution in [0.15, 0.2) is 42.5 Å². The van der Waals surface area contributed by atoms with Crippen molar-refractivity contribution >= 4 is 28.6 Å². The molecular formula is C14H13FN2OS. The van der Waals surface area contributed by atoms with Crippen molar-refractivity contribution in [3.05, 3.63) is 53.8 Å². The number of nitrogens with one attached hydrogen (secondary N) is 1. The fraction of sp³-hybridized carbons (Fsp3) is 0.0714. The maximum atomic E-state index is 12.9. The number of benzene rings is 2. The lowest BCUT2D eigenvalue weighted by atomic mass is 10.1. The molecule has 0 atom stereocenters. The highest BCUT2D eigenvalue weighted by Crippen LogP contribution is 2.26. The molecule has 19 heavy (non-hydrogen) atoms. The molecule has 2 aromatic rings. The molecule has 0 saturated heterocycles. The number of thiocarbonyl (C=S) groups is 1. The molecule has 98 valence electrons. The maximum absolute atomic E-state index is 12.9. The van der Waals surface area contributed by atoms with Crippen molar-refractivity contribution in [3.8, 4) is 5.75 Å². The molecule has 3 nitrogen and oxygen atoms in total. The molecule has 0 aliphatic carbocycles. The minimum atomic E-state index is -0.286. The molecule has 0 aliphatic rings. The number of hydrogen-bond donors (Lipinski definition) is 2. The van der Waals surface area contributed by atoms with E-state index in [2.05, 4.69) is 5.32 Å². The Bertz CT molecular complexity index is 599. The number of ether oxygens (including phenoxy) is 1. The summed E-state index contributed by atoms with van der Waals surface area (Å²) >= 11 is 5.00. The Kier molecular flexibility index (Phi) is 3.97. The van der Waals surface area contributed by atoms with Crippen molar-refractivity contribution in [2.75, 3.05) is 12.4 Å². The number of rotatable bonds is 4. The molecule has 0 heterocycles. The van der Waals surface area contributed by atoms with Crippen LogP contribution in [0.2, 0.25) is 0 Å². The van der Waals surface area contributed by atoms with E-state index in [1.54, 1.807) is 37.4 Å². The van der Waals surface area contributed by atoms with Crippen LogP contribution in [0.4, 0.5) is 15.8 Å². The largest absolute Gasteiger partial charge is 0.497 e. The molecule has 0 aliphatic heterocycles. The highest BCUT2D eigenvalue weighted by atomic mass is 32.1. The zero-order valence-electron chi connectivity index (χ0n) is 10.3. The molecule has 0 radical (unpaired) electrons. The van der Waals surface area contributed by atoms with E-state index < -0.39 is 0 Å². The summed E-state index contributed by atoms with van der Waals surface area (Å²) in [5, 5.41) is 3.14. The fourth-order valence-electron chi connectivity index (χ4n) is 1.66. The summed E-state index contributed by atoms with van der Waals surface area (Å²) in [6.45, 7) is 0. The fourth-order valence-corrected chi connectivity index (χ4v) is 1.84. The number of hydrogen-bond acceptors (Lipinski definition) is 3. The van der Waals surface area contributed by atoms with Crippen molar-refractivity contribution in [2.45, 2.75) is 0 Å². The van der Waals surface area contributed by atoms with Gasteiger partial charge in [0.15, 0.2) is 0 Å². The first kappa shape index (κ1) is 13.3.